The molecule has 8 heteroatoms. The number of methoxy groups -OCH3 is 1. The van der Waals surface area contributed by atoms with Gasteiger partial charge in [0.15, 0.2) is 11.5 Å². The number of sulfonamides is 1. The highest BCUT2D eigenvalue weighted by molar-refractivity contribution is 7.89. The minimum absolute atomic E-state index is 0.00404. The van der Waals surface area contributed by atoms with Crippen LogP contribution in [-0.4, -0.2) is 38.3 Å². The van der Waals surface area contributed by atoms with Crippen molar-refractivity contribution in [1.29, 1.82) is 0 Å². The maximum Gasteiger partial charge on any atom is 0.359 e. The van der Waals surface area contributed by atoms with Crippen molar-refractivity contribution in [2.24, 2.45) is 0 Å². The maximum absolute atomic E-state index is 12.8. The molecule has 0 amide bonds. The van der Waals surface area contributed by atoms with Gasteiger partial charge in [0.1, 0.15) is 0 Å². The van der Waals surface area contributed by atoms with Crippen LogP contribution in [0.3, 0.4) is 0 Å². The van der Waals surface area contributed by atoms with E-state index in [1.165, 1.54) is 12.1 Å². The normalized spacial score (nSPS) is 15.7. The number of benzene rings is 1. The van der Waals surface area contributed by atoms with Crippen LogP contribution in [0.2, 0.25) is 0 Å². The van der Waals surface area contributed by atoms with Gasteiger partial charge in [0.05, 0.1) is 12.0 Å². The molecule has 0 N–H and O–H groups in total. The molecule has 0 unspecified atom stereocenters. The number of rotatable bonds is 5. The summed E-state index contributed by atoms with van der Waals surface area (Å²) < 4.78 is 36.5. The van der Waals surface area contributed by atoms with Gasteiger partial charge in [-0.05, 0) is 25.5 Å². The summed E-state index contributed by atoms with van der Waals surface area (Å²) in [6.07, 6.45) is 0.718. The van der Waals surface area contributed by atoms with Crippen molar-refractivity contribution in [3.05, 3.63) is 35.5 Å². The number of ether oxygens (including phenoxy) is 2. The van der Waals surface area contributed by atoms with E-state index in [2.05, 4.69) is 0 Å². The number of hydrogen-bond acceptors (Lipinski definition) is 6. The molecule has 1 heterocycles. The van der Waals surface area contributed by atoms with Crippen LogP contribution in [0.4, 0.5) is 0 Å². The van der Waals surface area contributed by atoms with E-state index in [1.54, 1.807) is 19.1 Å². The molecule has 7 nitrogen and oxygen atoms in total. The highest BCUT2D eigenvalue weighted by atomic mass is 32.2. The first-order valence-corrected chi connectivity index (χ1v) is 8.97. The lowest BCUT2D eigenvalue weighted by Crippen LogP contribution is -2.38. The molecule has 0 saturated carbocycles. The standard InChI is InChI=1S/C16H19NO6S/c1-4-8-13(18)23-15-11-9-6-7-10-12(11)24(20,21)17(5-2)14(15)16(19)22-3/h6-7,9-10H,4-5,8H2,1-3H3. The Balaban J connectivity index is 2.75. The van der Waals surface area contributed by atoms with Crippen molar-refractivity contribution in [1.82, 2.24) is 4.31 Å². The largest absolute Gasteiger partial charge is 0.464 e. The van der Waals surface area contributed by atoms with Crippen LogP contribution in [0, 0.1) is 0 Å². The molecule has 130 valence electrons. The van der Waals surface area contributed by atoms with Gasteiger partial charge < -0.3 is 9.47 Å². The van der Waals surface area contributed by atoms with Gasteiger partial charge in [-0.3, -0.25) is 9.10 Å². The van der Waals surface area contributed by atoms with E-state index >= 15 is 0 Å². The highest BCUT2D eigenvalue weighted by Gasteiger charge is 2.41. The Morgan fingerprint density at radius 1 is 1.17 bits per heavy atom. The fraction of sp³-hybridized carbons (Fsp3) is 0.375. The summed E-state index contributed by atoms with van der Waals surface area (Å²) in [6.45, 7) is 3.39. The Morgan fingerprint density at radius 2 is 1.83 bits per heavy atom. The quantitative estimate of drug-likeness (QED) is 0.751. The molecule has 0 fully saturated rings. The average Bonchev–Trinajstić information content (AvgIpc) is 2.56. The van der Waals surface area contributed by atoms with Crippen LogP contribution in [0.5, 0.6) is 0 Å². The molecule has 0 spiro atoms. The molecule has 24 heavy (non-hydrogen) atoms. The Labute approximate surface area is 140 Å². The van der Waals surface area contributed by atoms with Crippen molar-refractivity contribution >= 4 is 27.7 Å². The van der Waals surface area contributed by atoms with Crippen LogP contribution in [-0.2, 0) is 29.1 Å². The van der Waals surface area contributed by atoms with Crippen LogP contribution in [0.25, 0.3) is 5.76 Å². The van der Waals surface area contributed by atoms with Crippen LogP contribution >= 0.6 is 0 Å². The molecule has 2 rings (SSSR count). The Bertz CT molecular complexity index is 797. The third-order valence-electron chi connectivity index (χ3n) is 3.50. The lowest BCUT2D eigenvalue weighted by Gasteiger charge is -2.31. The lowest BCUT2D eigenvalue weighted by atomic mass is 10.1. The number of esters is 2. The van der Waals surface area contributed by atoms with Gasteiger partial charge in [-0.25, -0.2) is 13.2 Å². The predicted molar refractivity (Wildman–Crippen MR) is 85.9 cm³/mol. The van der Waals surface area contributed by atoms with Crippen LogP contribution < -0.4 is 0 Å². The molecule has 0 aliphatic carbocycles. The molecule has 0 bridgehead atoms. The van der Waals surface area contributed by atoms with Crippen molar-refractivity contribution < 1.29 is 27.5 Å². The Kier molecular flexibility index (Phi) is 5.28. The van der Waals surface area contributed by atoms with E-state index in [0.29, 0.717) is 6.42 Å². The minimum Gasteiger partial charge on any atom is -0.464 e. The smallest absolute Gasteiger partial charge is 0.359 e. The van der Waals surface area contributed by atoms with Crippen molar-refractivity contribution in [3.63, 3.8) is 0 Å². The zero-order valence-corrected chi connectivity index (χ0v) is 14.6. The van der Waals surface area contributed by atoms with Crippen LogP contribution in [0.15, 0.2) is 34.9 Å². The van der Waals surface area contributed by atoms with Crippen molar-refractivity contribution in [3.8, 4) is 0 Å². The molecule has 1 aromatic carbocycles. The summed E-state index contributed by atoms with van der Waals surface area (Å²) in [5.74, 6) is -1.51. The Morgan fingerprint density at radius 3 is 2.42 bits per heavy atom. The summed E-state index contributed by atoms with van der Waals surface area (Å²) >= 11 is 0. The van der Waals surface area contributed by atoms with Crippen molar-refractivity contribution in [2.45, 2.75) is 31.6 Å². The molecular formula is C16H19NO6S. The zero-order valence-electron chi connectivity index (χ0n) is 13.7. The zero-order chi connectivity index (χ0) is 17.9. The number of likely N-dealkylation sites (N-methyl/N-ethyl adjacent to an activating group) is 1. The minimum atomic E-state index is -3.93. The molecule has 0 aromatic heterocycles. The van der Waals surface area contributed by atoms with Gasteiger partial charge in [-0.1, -0.05) is 19.1 Å². The molecule has 0 radical (unpaired) electrons. The van der Waals surface area contributed by atoms with E-state index < -0.39 is 22.0 Å². The molecule has 1 aromatic rings. The van der Waals surface area contributed by atoms with Crippen molar-refractivity contribution in [2.75, 3.05) is 13.7 Å². The number of nitrogens with zero attached hydrogens (tertiary/aromatic N) is 1. The second-order valence-electron chi connectivity index (χ2n) is 5.06. The third kappa shape index (κ3) is 3.01. The average molecular weight is 353 g/mol. The number of carbonyl (C=O) groups excluding carboxylic acids is 2. The fourth-order valence-corrected chi connectivity index (χ4v) is 4.11. The van der Waals surface area contributed by atoms with E-state index in [1.807, 2.05) is 6.92 Å². The summed E-state index contributed by atoms with van der Waals surface area (Å²) in [5.41, 5.74) is -0.116. The van der Waals surface area contributed by atoms with E-state index in [9.17, 15) is 18.0 Å². The first kappa shape index (κ1) is 18.0. The van der Waals surface area contributed by atoms with Gasteiger partial charge in [-0.15, -0.1) is 0 Å². The predicted octanol–water partition coefficient (Wildman–Crippen LogP) is 1.90. The number of carbonyl (C=O) groups is 2. The molecule has 1 aliphatic rings. The SMILES string of the molecule is CCCC(=O)OC1=C(C(=O)OC)N(CC)S(=O)(=O)c2ccccc21. The highest BCUT2D eigenvalue weighted by Crippen LogP contribution is 2.37. The van der Waals surface area contributed by atoms with Gasteiger partial charge in [0.2, 0.25) is 0 Å². The summed E-state index contributed by atoms with van der Waals surface area (Å²) in [6, 6.07) is 6.09. The van der Waals surface area contributed by atoms with Gasteiger partial charge in [-0.2, -0.15) is 0 Å². The Hall–Kier alpha value is -2.35. The van der Waals surface area contributed by atoms with Gasteiger partial charge in [0.25, 0.3) is 10.0 Å². The first-order chi connectivity index (χ1) is 11.4. The van der Waals surface area contributed by atoms with Crippen LogP contribution in [0.1, 0.15) is 32.3 Å². The lowest BCUT2D eigenvalue weighted by molar-refractivity contribution is -0.138. The first-order valence-electron chi connectivity index (χ1n) is 7.53. The topological polar surface area (TPSA) is 90.0 Å². The molecule has 0 atom stereocenters. The molecule has 0 saturated heterocycles. The fourth-order valence-electron chi connectivity index (χ4n) is 2.45. The summed E-state index contributed by atoms with van der Waals surface area (Å²) in [7, 11) is -2.79. The second-order valence-corrected chi connectivity index (χ2v) is 6.89. The van der Waals surface area contributed by atoms with E-state index in [0.717, 1.165) is 11.4 Å². The number of hydrogen-bond donors (Lipinski definition) is 0. The summed E-state index contributed by atoms with van der Waals surface area (Å²) in [4.78, 5) is 24.1. The second kappa shape index (κ2) is 7.04. The van der Waals surface area contributed by atoms with E-state index in [-0.39, 0.29) is 34.9 Å². The van der Waals surface area contributed by atoms with E-state index in [4.69, 9.17) is 9.47 Å². The van der Waals surface area contributed by atoms with Gasteiger partial charge in [0, 0.05) is 18.5 Å². The summed E-state index contributed by atoms with van der Waals surface area (Å²) in [5, 5.41) is 0. The maximum atomic E-state index is 12.8. The monoisotopic (exact) mass is 353 g/mol. The molecule has 1 aliphatic heterocycles. The molecular weight excluding hydrogens is 334 g/mol. The van der Waals surface area contributed by atoms with Gasteiger partial charge >= 0.3 is 11.9 Å². The third-order valence-corrected chi connectivity index (χ3v) is 5.43. The number of fused-ring (bicyclic) bond motifs is 1.